The predicted molar refractivity (Wildman–Crippen MR) is 104 cm³/mol. The molecule has 0 radical (unpaired) electrons. The molecular weight excluding hydrogens is 409 g/mol. The van der Waals surface area contributed by atoms with E-state index >= 15 is 0 Å². The fourth-order valence-electron chi connectivity index (χ4n) is 2.55. The Morgan fingerprint density at radius 2 is 1.72 bits per heavy atom. The van der Waals surface area contributed by atoms with Crippen LogP contribution >= 0.6 is 11.6 Å². The molecule has 2 aromatic carbocycles. The van der Waals surface area contributed by atoms with E-state index in [1.54, 1.807) is 25.2 Å². The Hall–Kier alpha value is -2.74. The summed E-state index contributed by atoms with van der Waals surface area (Å²) in [6, 6.07) is 9.99. The van der Waals surface area contributed by atoms with Crippen LogP contribution in [0.3, 0.4) is 0 Å². The number of alkyl halides is 3. The van der Waals surface area contributed by atoms with Gasteiger partial charge in [-0.2, -0.15) is 13.2 Å². The highest BCUT2D eigenvalue weighted by Gasteiger charge is 2.63. The van der Waals surface area contributed by atoms with E-state index in [4.69, 9.17) is 11.6 Å². The summed E-state index contributed by atoms with van der Waals surface area (Å²) in [6.07, 6.45) is -5.23. The van der Waals surface area contributed by atoms with E-state index in [2.05, 4.69) is 10.1 Å². The second-order valence-corrected chi connectivity index (χ2v) is 6.73. The number of rotatable bonds is 6. The van der Waals surface area contributed by atoms with E-state index in [9.17, 15) is 22.8 Å². The first-order chi connectivity index (χ1) is 13.5. The zero-order valence-corrected chi connectivity index (χ0v) is 16.7. The summed E-state index contributed by atoms with van der Waals surface area (Å²) in [4.78, 5) is 25.1. The summed E-state index contributed by atoms with van der Waals surface area (Å²) in [7, 11) is 0. The van der Waals surface area contributed by atoms with E-state index in [1.807, 2.05) is 0 Å². The summed E-state index contributed by atoms with van der Waals surface area (Å²) in [6.45, 7) is 4.56. The minimum atomic E-state index is -5.23. The third kappa shape index (κ3) is 4.82. The van der Waals surface area contributed by atoms with Gasteiger partial charge in [-0.3, -0.25) is 4.79 Å². The van der Waals surface area contributed by atoms with Crippen LogP contribution in [0, 0.1) is 13.8 Å². The van der Waals surface area contributed by atoms with Crippen LogP contribution in [0.1, 0.15) is 28.4 Å². The number of carbonyl (C=O) groups excluding carboxylic acids is 2. The van der Waals surface area contributed by atoms with Crippen molar-refractivity contribution in [3.8, 4) is 0 Å². The molecule has 5 nitrogen and oxygen atoms in total. The number of esters is 1. The molecule has 0 aliphatic heterocycles. The van der Waals surface area contributed by atoms with Crippen LogP contribution in [0.5, 0.6) is 0 Å². The van der Waals surface area contributed by atoms with Crippen LogP contribution in [-0.4, -0.2) is 30.3 Å². The lowest BCUT2D eigenvalue weighted by atomic mass is 10.1. The maximum atomic E-state index is 14.2. The van der Waals surface area contributed by atoms with Crippen molar-refractivity contribution in [2.24, 2.45) is 0 Å². The maximum absolute atomic E-state index is 14.2. The number of carbonyl (C=O) groups is 2. The Kier molecular flexibility index (Phi) is 6.79. The molecule has 2 aromatic rings. The smallest absolute Gasteiger partial charge is 0.441 e. The first kappa shape index (κ1) is 22.5. The average Bonchev–Trinajstić information content (AvgIpc) is 2.63. The molecule has 0 aliphatic carbocycles. The summed E-state index contributed by atoms with van der Waals surface area (Å²) in [5.41, 5.74) is -2.19. The number of hydrogen-bond acceptors (Lipinski definition) is 4. The molecule has 29 heavy (non-hydrogen) atoms. The quantitative estimate of drug-likeness (QED) is 0.520. The van der Waals surface area contributed by atoms with Gasteiger partial charge in [0, 0.05) is 5.69 Å². The second kappa shape index (κ2) is 8.73. The molecule has 0 unspecified atom stereocenters. The number of halogens is 4. The molecule has 9 heteroatoms. The fraction of sp³-hybridized carbons (Fsp3) is 0.300. The number of anilines is 1. The van der Waals surface area contributed by atoms with E-state index < -0.39 is 23.7 Å². The van der Waals surface area contributed by atoms with Crippen molar-refractivity contribution in [2.45, 2.75) is 32.6 Å². The number of aryl methyl sites for hydroxylation is 2. The van der Waals surface area contributed by atoms with Gasteiger partial charge in [0.15, 0.2) is 0 Å². The van der Waals surface area contributed by atoms with Crippen LogP contribution in [-0.2, 0) is 9.53 Å². The topological polar surface area (TPSA) is 67.4 Å². The molecule has 0 saturated heterocycles. The van der Waals surface area contributed by atoms with Crippen LogP contribution in [0.15, 0.2) is 42.5 Å². The van der Waals surface area contributed by atoms with E-state index in [0.29, 0.717) is 5.56 Å². The minimum Gasteiger partial charge on any atom is -0.463 e. The third-order valence-electron chi connectivity index (χ3n) is 4.27. The lowest BCUT2D eigenvalue weighted by Crippen LogP contribution is -2.69. The number of amides is 1. The lowest BCUT2D eigenvalue weighted by molar-refractivity contribution is -0.204. The van der Waals surface area contributed by atoms with Crippen LogP contribution in [0.2, 0.25) is 5.02 Å². The van der Waals surface area contributed by atoms with Crippen LogP contribution < -0.4 is 10.6 Å². The monoisotopic (exact) mass is 428 g/mol. The number of benzene rings is 2. The highest BCUT2D eigenvalue weighted by molar-refractivity contribution is 6.33. The molecule has 1 atom stereocenters. The van der Waals surface area contributed by atoms with Crippen molar-refractivity contribution in [1.82, 2.24) is 5.32 Å². The van der Waals surface area contributed by atoms with E-state index in [-0.39, 0.29) is 22.9 Å². The lowest BCUT2D eigenvalue weighted by Gasteiger charge is -2.35. The maximum Gasteiger partial charge on any atom is 0.441 e. The summed E-state index contributed by atoms with van der Waals surface area (Å²) < 4.78 is 47.2. The Morgan fingerprint density at radius 3 is 2.28 bits per heavy atom. The molecule has 2 N–H and O–H groups in total. The van der Waals surface area contributed by atoms with Crippen LogP contribution in [0.25, 0.3) is 0 Å². The molecule has 1 amide bonds. The molecule has 0 spiro atoms. The third-order valence-corrected chi connectivity index (χ3v) is 4.59. The molecule has 156 valence electrons. The molecule has 2 rings (SSSR count). The Morgan fingerprint density at radius 1 is 1.07 bits per heavy atom. The Bertz CT molecular complexity index is 918. The normalized spacial score (nSPS) is 13.3. The van der Waals surface area contributed by atoms with Gasteiger partial charge in [-0.15, -0.1) is 0 Å². The van der Waals surface area contributed by atoms with Gasteiger partial charge >= 0.3 is 17.8 Å². The van der Waals surface area contributed by atoms with Gasteiger partial charge in [0.05, 0.1) is 17.2 Å². The summed E-state index contributed by atoms with van der Waals surface area (Å²) >= 11 is 5.92. The van der Waals surface area contributed by atoms with Crippen molar-refractivity contribution in [1.29, 1.82) is 0 Å². The largest absolute Gasteiger partial charge is 0.463 e. The fourth-order valence-corrected chi connectivity index (χ4v) is 2.77. The molecule has 0 saturated carbocycles. The van der Waals surface area contributed by atoms with Crippen molar-refractivity contribution < 1.29 is 27.5 Å². The van der Waals surface area contributed by atoms with E-state index in [0.717, 1.165) is 5.56 Å². The molecule has 0 bridgehead atoms. The molecule has 0 aliphatic rings. The van der Waals surface area contributed by atoms with Gasteiger partial charge in [-0.05, 0) is 56.2 Å². The summed E-state index contributed by atoms with van der Waals surface area (Å²) in [5.74, 6) is -2.87. The summed E-state index contributed by atoms with van der Waals surface area (Å²) in [5, 5.41) is 3.83. The molecule has 0 aromatic heterocycles. The van der Waals surface area contributed by atoms with Crippen LogP contribution in [0.4, 0.5) is 18.9 Å². The standard InChI is InChI=1S/C20H20ClF3N2O3/c1-4-29-18(28)19(20(22,23)24,25-14-10-9-12(2)13(3)11-14)26-17(27)15-7-5-6-8-16(15)21/h5-11,25H,4H2,1-3H3,(H,26,27)/t19-/m0/s1. The van der Waals surface area contributed by atoms with Crippen molar-refractivity contribution in [3.63, 3.8) is 0 Å². The van der Waals surface area contributed by atoms with Gasteiger partial charge < -0.3 is 15.4 Å². The SMILES string of the molecule is CCOC(=O)[C@@](NC(=O)c1ccccc1Cl)(Nc1ccc(C)c(C)c1)C(F)(F)F. The van der Waals surface area contributed by atoms with Gasteiger partial charge in [0.2, 0.25) is 0 Å². The number of hydrogen-bond donors (Lipinski definition) is 2. The highest BCUT2D eigenvalue weighted by atomic mass is 35.5. The van der Waals surface area contributed by atoms with E-state index in [1.165, 1.54) is 43.3 Å². The van der Waals surface area contributed by atoms with Gasteiger partial charge in [0.1, 0.15) is 0 Å². The highest BCUT2D eigenvalue weighted by Crippen LogP contribution is 2.34. The van der Waals surface area contributed by atoms with Crippen molar-refractivity contribution >= 4 is 29.2 Å². The minimum absolute atomic E-state index is 0.0158. The number of nitrogens with one attached hydrogen (secondary N) is 2. The van der Waals surface area contributed by atoms with Crippen molar-refractivity contribution in [2.75, 3.05) is 11.9 Å². The first-order valence-electron chi connectivity index (χ1n) is 8.68. The van der Waals surface area contributed by atoms with Gasteiger partial charge in [0.25, 0.3) is 5.91 Å². The Balaban J connectivity index is 2.55. The van der Waals surface area contributed by atoms with Gasteiger partial charge in [-0.1, -0.05) is 29.8 Å². The zero-order valence-electron chi connectivity index (χ0n) is 16.0. The molecule has 0 heterocycles. The molecular formula is C20H20ClF3N2O3. The molecule has 0 fully saturated rings. The predicted octanol–water partition coefficient (Wildman–Crippen LogP) is 4.62. The Labute approximate surface area is 171 Å². The number of ether oxygens (including phenoxy) is 1. The van der Waals surface area contributed by atoms with Gasteiger partial charge in [-0.25, -0.2) is 4.79 Å². The second-order valence-electron chi connectivity index (χ2n) is 6.33. The first-order valence-corrected chi connectivity index (χ1v) is 9.06. The average molecular weight is 429 g/mol. The zero-order chi connectivity index (χ0) is 21.8. The van der Waals surface area contributed by atoms with Crippen molar-refractivity contribution in [3.05, 3.63) is 64.2 Å².